The van der Waals surface area contributed by atoms with Gasteiger partial charge in [-0.2, -0.15) is 0 Å². The van der Waals surface area contributed by atoms with E-state index in [2.05, 4.69) is 34.3 Å². The van der Waals surface area contributed by atoms with E-state index in [1.54, 1.807) is 25.3 Å². The lowest BCUT2D eigenvalue weighted by Crippen LogP contribution is -2.01. The molecule has 0 fully saturated rings. The van der Waals surface area contributed by atoms with Crippen molar-refractivity contribution >= 4 is 40.4 Å². The monoisotopic (exact) mass is 532 g/mol. The van der Waals surface area contributed by atoms with Gasteiger partial charge in [0.05, 0.1) is 12.0 Å². The Bertz CT molecular complexity index is 1120. The Hall–Kier alpha value is -3.14. The molecule has 1 aromatic heterocycles. The zero-order valence-electron chi connectivity index (χ0n) is 17.1. The summed E-state index contributed by atoms with van der Waals surface area (Å²) >= 11 is 2.26. The number of rotatable bonds is 9. The topological polar surface area (TPSA) is 87.6 Å². The van der Waals surface area contributed by atoms with Crippen LogP contribution >= 0.6 is 22.6 Å². The second-order valence-corrected chi connectivity index (χ2v) is 7.94. The van der Waals surface area contributed by atoms with Crippen LogP contribution in [0.3, 0.4) is 0 Å². The predicted octanol–water partition coefficient (Wildman–Crippen LogP) is 5.98. The molecule has 3 aromatic rings. The van der Waals surface area contributed by atoms with Crippen molar-refractivity contribution < 1.29 is 18.9 Å². The average Bonchev–Trinajstić information content (AvgIpc) is 3.13. The van der Waals surface area contributed by atoms with Crippen LogP contribution in [0.25, 0.3) is 12.2 Å². The van der Waals surface area contributed by atoms with E-state index in [9.17, 15) is 10.1 Å². The Morgan fingerprint density at radius 1 is 1.26 bits per heavy atom. The molecule has 0 saturated carbocycles. The number of hydrogen-bond donors (Lipinski definition) is 0. The van der Waals surface area contributed by atoms with Crippen LogP contribution in [0, 0.1) is 20.6 Å². The first-order valence-electron chi connectivity index (χ1n) is 9.40. The smallest absolute Gasteiger partial charge is 0.338 e. The highest BCUT2D eigenvalue weighted by atomic mass is 127. The van der Waals surface area contributed by atoms with Crippen molar-refractivity contribution in [3.05, 3.63) is 90.9 Å². The van der Waals surface area contributed by atoms with Crippen LogP contribution < -0.4 is 9.47 Å². The average molecular weight is 532 g/mol. The van der Waals surface area contributed by atoms with E-state index in [1.165, 1.54) is 13.0 Å². The molecule has 0 aliphatic rings. The fourth-order valence-corrected chi connectivity index (χ4v) is 3.38. The molecule has 8 heteroatoms. The van der Waals surface area contributed by atoms with Crippen LogP contribution in [-0.4, -0.2) is 17.2 Å². The Morgan fingerprint density at radius 2 is 2.00 bits per heavy atom. The highest BCUT2D eigenvalue weighted by Gasteiger charge is 2.22. The van der Waals surface area contributed by atoms with Crippen molar-refractivity contribution in [3.8, 4) is 11.5 Å². The summed E-state index contributed by atoms with van der Waals surface area (Å²) in [6, 6.07) is 11.8. The number of nitrogens with zero attached hydrogens (tertiary/aromatic N) is 2. The van der Waals surface area contributed by atoms with Crippen LogP contribution in [0.2, 0.25) is 0 Å². The maximum absolute atomic E-state index is 11.2. The van der Waals surface area contributed by atoms with Crippen LogP contribution in [0.1, 0.15) is 28.1 Å². The number of allylic oxidation sites excluding steroid dienone is 1. The maximum Gasteiger partial charge on any atom is 0.338 e. The summed E-state index contributed by atoms with van der Waals surface area (Å²) in [4.78, 5) is 10.7. The number of nitro groups is 1. The standard InChI is InChI=1S/C23H21IN2O5/c1-4-5-18-12-17(8-11-20-22(26(27)28)15(2)25-31-20)13-21(29-3)23(18)30-14-16-6-9-19(24)10-7-16/h4,6-13H,1,5,14H2,2-3H3/b11-8+. The van der Waals surface area contributed by atoms with E-state index in [-0.39, 0.29) is 17.1 Å². The number of ether oxygens (including phenoxy) is 2. The number of aromatic nitrogens is 1. The first kappa shape index (κ1) is 22.5. The van der Waals surface area contributed by atoms with E-state index in [0.29, 0.717) is 24.5 Å². The van der Waals surface area contributed by atoms with E-state index < -0.39 is 4.92 Å². The molecule has 160 valence electrons. The Labute approximate surface area is 193 Å². The van der Waals surface area contributed by atoms with Gasteiger partial charge in [0.2, 0.25) is 5.76 Å². The molecule has 0 unspecified atom stereocenters. The highest BCUT2D eigenvalue weighted by molar-refractivity contribution is 14.1. The minimum absolute atomic E-state index is 0.0887. The quantitative estimate of drug-likeness (QED) is 0.146. The van der Waals surface area contributed by atoms with Gasteiger partial charge in [-0.25, -0.2) is 0 Å². The molecule has 0 spiro atoms. The number of hydrogen-bond acceptors (Lipinski definition) is 6. The largest absolute Gasteiger partial charge is 0.493 e. The van der Waals surface area contributed by atoms with Gasteiger partial charge in [-0.1, -0.05) is 29.4 Å². The number of halogens is 1. The van der Waals surface area contributed by atoms with Crippen LogP contribution in [0.15, 0.2) is 53.6 Å². The molecule has 7 nitrogen and oxygen atoms in total. The van der Waals surface area contributed by atoms with Crippen molar-refractivity contribution in [2.75, 3.05) is 7.11 Å². The lowest BCUT2D eigenvalue weighted by Gasteiger charge is -2.16. The molecule has 2 aromatic carbocycles. The summed E-state index contributed by atoms with van der Waals surface area (Å²) in [5, 5.41) is 14.9. The third-order valence-electron chi connectivity index (χ3n) is 4.50. The normalized spacial score (nSPS) is 10.9. The summed E-state index contributed by atoms with van der Waals surface area (Å²) in [5.41, 5.74) is 2.80. The Morgan fingerprint density at radius 3 is 2.65 bits per heavy atom. The fourth-order valence-electron chi connectivity index (χ4n) is 3.02. The first-order valence-corrected chi connectivity index (χ1v) is 10.5. The molecule has 3 rings (SSSR count). The van der Waals surface area contributed by atoms with Crippen LogP contribution in [-0.2, 0) is 13.0 Å². The zero-order chi connectivity index (χ0) is 22.4. The lowest BCUT2D eigenvalue weighted by molar-refractivity contribution is -0.386. The van der Waals surface area contributed by atoms with Crippen molar-refractivity contribution in [2.24, 2.45) is 0 Å². The maximum atomic E-state index is 11.2. The van der Waals surface area contributed by atoms with E-state index in [0.717, 1.165) is 20.3 Å². The van der Waals surface area contributed by atoms with Crippen molar-refractivity contribution in [2.45, 2.75) is 20.0 Å². The summed E-state index contributed by atoms with van der Waals surface area (Å²) < 4.78 is 17.9. The lowest BCUT2D eigenvalue weighted by atomic mass is 10.0. The minimum atomic E-state index is -0.503. The molecule has 31 heavy (non-hydrogen) atoms. The predicted molar refractivity (Wildman–Crippen MR) is 127 cm³/mol. The molecule has 0 aliphatic heterocycles. The Kier molecular flexibility index (Phi) is 7.45. The molecule has 0 N–H and O–H groups in total. The fraction of sp³-hybridized carbons (Fsp3) is 0.174. The minimum Gasteiger partial charge on any atom is -0.493 e. The van der Waals surface area contributed by atoms with E-state index in [1.807, 2.05) is 30.3 Å². The van der Waals surface area contributed by atoms with Gasteiger partial charge in [-0.15, -0.1) is 6.58 Å². The van der Waals surface area contributed by atoms with Gasteiger partial charge in [-0.3, -0.25) is 10.1 Å². The summed E-state index contributed by atoms with van der Waals surface area (Å²) in [7, 11) is 1.57. The zero-order valence-corrected chi connectivity index (χ0v) is 19.3. The third kappa shape index (κ3) is 5.52. The number of aryl methyl sites for hydroxylation is 1. The van der Waals surface area contributed by atoms with Crippen LogP contribution in [0.4, 0.5) is 5.69 Å². The van der Waals surface area contributed by atoms with Gasteiger partial charge in [-0.05, 0) is 77.4 Å². The van der Waals surface area contributed by atoms with Crippen molar-refractivity contribution in [1.29, 1.82) is 0 Å². The second-order valence-electron chi connectivity index (χ2n) is 6.69. The highest BCUT2D eigenvalue weighted by Crippen LogP contribution is 2.35. The molecular weight excluding hydrogens is 511 g/mol. The van der Waals surface area contributed by atoms with Gasteiger partial charge in [0.25, 0.3) is 0 Å². The van der Waals surface area contributed by atoms with Gasteiger partial charge in [0.15, 0.2) is 17.2 Å². The van der Waals surface area contributed by atoms with E-state index in [4.69, 9.17) is 14.0 Å². The number of methoxy groups -OCH3 is 1. The summed E-state index contributed by atoms with van der Waals surface area (Å²) in [6.45, 7) is 5.75. The Balaban J connectivity index is 1.91. The second kappa shape index (κ2) is 10.3. The molecule has 0 aliphatic carbocycles. The molecule has 0 amide bonds. The van der Waals surface area contributed by atoms with Gasteiger partial charge < -0.3 is 14.0 Å². The molecule has 1 heterocycles. The van der Waals surface area contributed by atoms with Crippen molar-refractivity contribution in [3.63, 3.8) is 0 Å². The SMILES string of the molecule is C=CCc1cc(/C=C/c2onc(C)c2[N+](=O)[O-])cc(OC)c1OCc1ccc(I)cc1. The van der Waals surface area contributed by atoms with Crippen LogP contribution in [0.5, 0.6) is 11.5 Å². The van der Waals surface area contributed by atoms with Gasteiger partial charge in [0, 0.05) is 9.13 Å². The summed E-state index contributed by atoms with van der Waals surface area (Å²) in [5.74, 6) is 1.29. The molecule has 0 saturated heterocycles. The van der Waals surface area contributed by atoms with Crippen molar-refractivity contribution in [1.82, 2.24) is 5.16 Å². The summed E-state index contributed by atoms with van der Waals surface area (Å²) in [6.07, 6.45) is 5.59. The van der Waals surface area contributed by atoms with E-state index >= 15 is 0 Å². The molecule has 0 radical (unpaired) electrons. The molecule has 0 atom stereocenters. The van der Waals surface area contributed by atoms with Gasteiger partial charge >= 0.3 is 5.69 Å². The molecular formula is C23H21IN2O5. The van der Waals surface area contributed by atoms with Gasteiger partial charge in [0.1, 0.15) is 6.61 Å². The first-order chi connectivity index (χ1) is 14.9. The number of benzene rings is 2. The molecule has 0 bridgehead atoms. The third-order valence-corrected chi connectivity index (χ3v) is 5.22.